The molecule has 3 heterocycles. The number of hydrogen-bond donors (Lipinski definition) is 8. The molecule has 1 aromatic carbocycles. The van der Waals surface area contributed by atoms with Crippen molar-refractivity contribution in [3.8, 4) is 0 Å². The molecule has 2 aromatic heterocycles. The van der Waals surface area contributed by atoms with Gasteiger partial charge in [0.25, 0.3) is 5.91 Å². The monoisotopic (exact) mass is 991 g/mol. The van der Waals surface area contributed by atoms with Crippen LogP contribution in [-0.4, -0.2) is 135 Å². The summed E-state index contributed by atoms with van der Waals surface area (Å²) >= 11 is 1.20. The van der Waals surface area contributed by atoms with E-state index < -0.39 is 5.25 Å². The average molecular weight is 991 g/mol. The van der Waals surface area contributed by atoms with Gasteiger partial charge in [0.1, 0.15) is 11.3 Å². The van der Waals surface area contributed by atoms with Gasteiger partial charge in [0.2, 0.25) is 29.6 Å². The third-order valence-electron chi connectivity index (χ3n) is 13.0. The maximum absolute atomic E-state index is 13.1. The zero-order chi connectivity index (χ0) is 50.4. The maximum Gasteiger partial charge on any atom is 0.328 e. The summed E-state index contributed by atoms with van der Waals surface area (Å²) in [5, 5.41) is 17.6. The molecule has 384 valence electrons. The molecule has 70 heavy (non-hydrogen) atoms. The molecule has 5 rings (SSSR count). The Morgan fingerprint density at radius 1 is 0.857 bits per heavy atom. The fraction of sp³-hybridized carbons (Fsp3) is 0.633. The number of imidazole rings is 1. The lowest BCUT2D eigenvalue weighted by Crippen LogP contribution is -2.39. The molecule has 1 saturated carbocycles. The van der Waals surface area contributed by atoms with Crippen LogP contribution in [0.25, 0.3) is 11.2 Å². The highest BCUT2D eigenvalue weighted by Gasteiger charge is 2.40. The minimum Gasteiger partial charge on any atom is -0.382 e. The number of H-pyrrole nitrogens is 1. The second kappa shape index (κ2) is 28.9. The number of nitrogens with two attached hydrogens (primary N) is 1. The second-order valence-electron chi connectivity index (χ2n) is 18.4. The minimum absolute atomic E-state index is 0.0416. The van der Waals surface area contributed by atoms with Crippen molar-refractivity contribution >= 4 is 75.8 Å². The fourth-order valence-electron chi connectivity index (χ4n) is 8.73. The van der Waals surface area contributed by atoms with Crippen molar-refractivity contribution in [3.63, 3.8) is 0 Å². The van der Waals surface area contributed by atoms with Crippen molar-refractivity contribution < 1.29 is 33.6 Å². The van der Waals surface area contributed by atoms with Crippen LogP contribution in [0.1, 0.15) is 126 Å². The average Bonchev–Trinajstić information content (AvgIpc) is 3.81. The molecule has 2 unspecified atom stereocenters. The maximum atomic E-state index is 13.1. The zero-order valence-corrected chi connectivity index (χ0v) is 41.9. The number of hydrogen-bond acceptors (Lipinski definition) is 15. The molecular weight excluding hydrogens is 917 g/mol. The van der Waals surface area contributed by atoms with Crippen LogP contribution in [-0.2, 0) is 35.3 Å². The number of nitrogens with zero attached hydrogens (tertiary/aromatic N) is 4. The number of ketones is 2. The number of carbonyl (C=O) groups excluding carboxylic acids is 7. The second-order valence-corrected chi connectivity index (χ2v) is 19.6. The fourth-order valence-corrected chi connectivity index (χ4v) is 9.72. The number of carbonyl (C=O) groups is 7. The van der Waals surface area contributed by atoms with Crippen LogP contribution < -0.4 is 43.3 Å². The van der Waals surface area contributed by atoms with Crippen molar-refractivity contribution in [1.82, 2.24) is 51.0 Å². The number of aromatic amines is 1. The molecule has 1 aliphatic heterocycles. The smallest absolute Gasteiger partial charge is 0.328 e. The first kappa shape index (κ1) is 55.3. The summed E-state index contributed by atoms with van der Waals surface area (Å²) in [5.74, 6) is -0.175. The van der Waals surface area contributed by atoms with E-state index in [9.17, 15) is 38.4 Å². The highest BCUT2D eigenvalue weighted by molar-refractivity contribution is 8.01. The number of fused-ring (bicyclic) bond motifs is 1. The lowest BCUT2D eigenvalue weighted by molar-refractivity contribution is -0.139. The molecule has 20 nitrogen and oxygen atoms in total. The van der Waals surface area contributed by atoms with Gasteiger partial charge in [0, 0.05) is 50.5 Å². The van der Waals surface area contributed by atoms with E-state index in [1.54, 1.807) is 38.2 Å². The first-order chi connectivity index (χ1) is 33.8. The van der Waals surface area contributed by atoms with Crippen molar-refractivity contribution in [2.45, 2.75) is 128 Å². The normalized spacial score (nSPS) is 17.4. The van der Waals surface area contributed by atoms with Crippen molar-refractivity contribution in [1.29, 1.82) is 0 Å². The van der Waals surface area contributed by atoms with Gasteiger partial charge in [-0.1, -0.05) is 31.9 Å². The van der Waals surface area contributed by atoms with E-state index in [4.69, 9.17) is 5.73 Å². The Labute approximate surface area is 414 Å². The lowest BCUT2D eigenvalue weighted by atomic mass is 9.81. The van der Waals surface area contributed by atoms with E-state index in [-0.39, 0.29) is 95.8 Å². The Kier molecular flexibility index (Phi) is 22.8. The SMILES string of the molecule is CCCCNc1nc(N)c2[nH]c(=O)n(Cc3ccc(C(=O)NCC(=O)CCCCCNCCCNC(=O)C4CCC(CN5C(=O)CC(SCC(=O)NCCCCC(NC)C(C)=O)C5=O)CC4)cc3)c2n1. The third kappa shape index (κ3) is 17.3. The predicted molar refractivity (Wildman–Crippen MR) is 271 cm³/mol. The van der Waals surface area contributed by atoms with Gasteiger partial charge in [-0.3, -0.25) is 43.0 Å². The number of nitrogens with one attached hydrogen (secondary N) is 7. The van der Waals surface area contributed by atoms with E-state index in [2.05, 4.69) is 53.8 Å². The molecule has 3 aromatic rings. The first-order valence-corrected chi connectivity index (χ1v) is 26.1. The number of nitrogen functional groups attached to an aromatic ring is 1. The number of amides is 5. The molecule has 1 aliphatic carbocycles. The number of unbranched alkanes of at least 4 members (excludes halogenated alkanes) is 4. The summed E-state index contributed by atoms with van der Waals surface area (Å²) < 4.78 is 1.47. The molecule has 9 N–H and O–H groups in total. The molecule has 2 aliphatic rings. The number of Topliss-reactive ketones (excluding diaryl/α,β-unsaturated/α-hetero) is 2. The van der Waals surface area contributed by atoms with E-state index >= 15 is 0 Å². The van der Waals surface area contributed by atoms with Crippen molar-refractivity contribution in [3.05, 3.63) is 45.9 Å². The number of aromatic nitrogens is 4. The van der Waals surface area contributed by atoms with Gasteiger partial charge in [0.05, 0.1) is 30.1 Å². The number of benzene rings is 1. The van der Waals surface area contributed by atoms with Crippen LogP contribution in [0.4, 0.5) is 11.8 Å². The van der Waals surface area contributed by atoms with Crippen molar-refractivity contribution in [2.24, 2.45) is 11.8 Å². The van der Waals surface area contributed by atoms with E-state index in [0.717, 1.165) is 82.9 Å². The highest BCUT2D eigenvalue weighted by atomic mass is 32.2. The highest BCUT2D eigenvalue weighted by Crippen LogP contribution is 2.32. The molecule has 0 radical (unpaired) electrons. The van der Waals surface area contributed by atoms with Gasteiger partial charge < -0.3 is 42.6 Å². The summed E-state index contributed by atoms with van der Waals surface area (Å²) in [6.07, 6.45) is 10.9. The van der Waals surface area contributed by atoms with Crippen LogP contribution in [0.5, 0.6) is 0 Å². The largest absolute Gasteiger partial charge is 0.382 e. The number of imide groups is 1. The zero-order valence-electron chi connectivity index (χ0n) is 41.1. The topological polar surface area (TPSA) is 284 Å². The van der Waals surface area contributed by atoms with Gasteiger partial charge in [0.15, 0.2) is 17.2 Å². The van der Waals surface area contributed by atoms with Crippen molar-refractivity contribution in [2.75, 3.05) is 69.7 Å². The molecular formula is C49H74N12O8S. The van der Waals surface area contributed by atoms with Crippen LogP contribution >= 0.6 is 11.8 Å². The Bertz CT molecular complexity index is 2290. The molecule has 0 bridgehead atoms. The van der Waals surface area contributed by atoms with Crippen LogP contribution in [0, 0.1) is 11.8 Å². The summed E-state index contributed by atoms with van der Waals surface area (Å²) in [4.78, 5) is 114. The number of rotatable bonds is 32. The molecule has 2 atom stereocenters. The molecule has 2 fully saturated rings. The van der Waals surface area contributed by atoms with Gasteiger partial charge >= 0.3 is 5.69 Å². The summed E-state index contributed by atoms with van der Waals surface area (Å²) in [6.45, 7) is 7.45. The van der Waals surface area contributed by atoms with E-state index in [1.165, 1.54) is 21.2 Å². The molecule has 1 saturated heterocycles. The number of likely N-dealkylation sites (tertiary alicyclic amines) is 1. The molecule has 0 spiro atoms. The molecule has 5 amide bonds. The Balaban J connectivity index is 0.853. The van der Waals surface area contributed by atoms with Gasteiger partial charge in [-0.15, -0.1) is 11.8 Å². The summed E-state index contributed by atoms with van der Waals surface area (Å²) in [6, 6.07) is 6.65. The Hall–Kier alpha value is -5.67. The van der Waals surface area contributed by atoms with Gasteiger partial charge in [-0.2, -0.15) is 9.97 Å². The lowest BCUT2D eigenvalue weighted by Gasteiger charge is -2.30. The Morgan fingerprint density at radius 3 is 2.31 bits per heavy atom. The van der Waals surface area contributed by atoms with E-state index in [0.29, 0.717) is 74.5 Å². The van der Waals surface area contributed by atoms with Gasteiger partial charge in [-0.05, 0) is 121 Å². The third-order valence-corrected chi connectivity index (χ3v) is 14.2. The van der Waals surface area contributed by atoms with Crippen LogP contribution in [0.3, 0.4) is 0 Å². The van der Waals surface area contributed by atoms with Crippen LogP contribution in [0.15, 0.2) is 29.1 Å². The molecule has 21 heteroatoms. The Morgan fingerprint density at radius 2 is 1.59 bits per heavy atom. The number of thioether (sulfide) groups is 1. The number of anilines is 2. The predicted octanol–water partition coefficient (Wildman–Crippen LogP) is 3.05. The summed E-state index contributed by atoms with van der Waals surface area (Å²) in [5.41, 5.74) is 7.66. The van der Waals surface area contributed by atoms with Gasteiger partial charge in [-0.25, -0.2) is 4.79 Å². The quantitative estimate of drug-likeness (QED) is 0.0330. The first-order valence-electron chi connectivity index (χ1n) is 25.0. The minimum atomic E-state index is -0.559. The summed E-state index contributed by atoms with van der Waals surface area (Å²) in [7, 11) is 1.76. The number of likely N-dealkylation sites (N-methyl/N-ethyl adjacent to an activating group) is 1. The standard InChI is InChI=1S/C49H74N12O8S/c1-4-5-24-55-48-58-43(50)42-44(59-48)61(49(69)57-42)30-34-16-20-36(21-17-34)46(67)56-28-37(63)12-7-6-9-22-52-23-11-26-54-45(66)35-18-14-33(15-19-35)29-60-41(65)27-39(47(60)68)70-31-40(64)53-25-10-8-13-38(51-3)32(2)62/h16-17,20-21,33,35,38-39,51-52H,4-15,18-19,22-31H2,1-3H3,(H,53,64)(H,54,66)(H,56,67)(H,57,69)(H3,50,55,58,59). The van der Waals surface area contributed by atoms with Crippen LogP contribution in [0.2, 0.25) is 0 Å². The van der Waals surface area contributed by atoms with E-state index in [1.807, 2.05) is 0 Å².